The van der Waals surface area contributed by atoms with E-state index in [1.54, 1.807) is 11.3 Å². The Morgan fingerprint density at radius 1 is 1.35 bits per heavy atom. The van der Waals surface area contributed by atoms with Crippen molar-refractivity contribution in [1.82, 2.24) is 20.2 Å². The number of hydrogen-bond donors (Lipinski definition) is 2. The van der Waals surface area contributed by atoms with Crippen LogP contribution in [0.5, 0.6) is 0 Å². The summed E-state index contributed by atoms with van der Waals surface area (Å²) in [6, 6.07) is 4.22. The van der Waals surface area contributed by atoms with Gasteiger partial charge >= 0.3 is 0 Å². The molecular formula is C15H21N5OS2. The highest BCUT2D eigenvalue weighted by Gasteiger charge is 2.17. The lowest BCUT2D eigenvalue weighted by molar-refractivity contribution is -0.119. The largest absolute Gasteiger partial charge is 0.353 e. The number of hydrogen-bond acceptors (Lipinski definition) is 6. The smallest absolute Gasteiger partial charge is 0.230 e. The van der Waals surface area contributed by atoms with Crippen LogP contribution in [-0.4, -0.2) is 32.6 Å². The Balaban J connectivity index is 1.53. The summed E-state index contributed by atoms with van der Waals surface area (Å²) in [4.78, 5) is 13.1. The van der Waals surface area contributed by atoms with Gasteiger partial charge in [-0.25, -0.2) is 4.68 Å². The van der Waals surface area contributed by atoms with Crippen LogP contribution in [0.4, 0.5) is 0 Å². The summed E-state index contributed by atoms with van der Waals surface area (Å²) >= 11 is 2.89. The molecule has 0 spiro atoms. The second-order valence-electron chi connectivity index (χ2n) is 5.70. The number of thiophene rings is 1. The number of aromatic nitrogens is 3. The number of thioether (sulfide) groups is 1. The van der Waals surface area contributed by atoms with E-state index >= 15 is 0 Å². The van der Waals surface area contributed by atoms with Crippen molar-refractivity contribution in [3.8, 4) is 10.7 Å². The zero-order valence-corrected chi connectivity index (χ0v) is 14.5. The van der Waals surface area contributed by atoms with Gasteiger partial charge in [0.2, 0.25) is 11.1 Å². The van der Waals surface area contributed by atoms with Gasteiger partial charge in [-0.3, -0.25) is 4.79 Å². The maximum atomic E-state index is 12.1. The molecule has 1 amide bonds. The van der Waals surface area contributed by atoms with E-state index in [0.717, 1.165) is 17.7 Å². The fraction of sp³-hybridized carbons (Fsp3) is 0.533. The first-order valence-electron chi connectivity index (χ1n) is 7.90. The summed E-state index contributed by atoms with van der Waals surface area (Å²) in [6.07, 6.45) is 7.16. The first kappa shape index (κ1) is 16.3. The quantitative estimate of drug-likeness (QED) is 0.491. The number of nitrogen functional groups attached to an aromatic ring is 1. The van der Waals surface area contributed by atoms with Gasteiger partial charge < -0.3 is 11.2 Å². The molecule has 0 saturated heterocycles. The summed E-state index contributed by atoms with van der Waals surface area (Å²) in [5.41, 5.74) is 0. The number of nitrogens with zero attached hydrogens (tertiary/aromatic N) is 3. The van der Waals surface area contributed by atoms with E-state index in [1.807, 2.05) is 17.5 Å². The Morgan fingerprint density at radius 3 is 2.83 bits per heavy atom. The van der Waals surface area contributed by atoms with Gasteiger partial charge in [-0.15, -0.1) is 21.5 Å². The van der Waals surface area contributed by atoms with Gasteiger partial charge in [0.25, 0.3) is 0 Å². The maximum absolute atomic E-state index is 12.1. The zero-order chi connectivity index (χ0) is 16.1. The fourth-order valence-corrected chi connectivity index (χ4v) is 4.15. The van der Waals surface area contributed by atoms with Gasteiger partial charge in [0.15, 0.2) is 5.82 Å². The Hall–Kier alpha value is -1.54. The molecule has 124 valence electrons. The topological polar surface area (TPSA) is 85.8 Å². The van der Waals surface area contributed by atoms with Crippen LogP contribution in [0.2, 0.25) is 0 Å². The van der Waals surface area contributed by atoms with E-state index in [2.05, 4.69) is 15.5 Å². The third-order valence-corrected chi connectivity index (χ3v) is 5.77. The lowest BCUT2D eigenvalue weighted by Crippen LogP contribution is -2.35. The van der Waals surface area contributed by atoms with E-state index < -0.39 is 0 Å². The zero-order valence-electron chi connectivity index (χ0n) is 12.9. The van der Waals surface area contributed by atoms with Gasteiger partial charge in [0.05, 0.1) is 10.6 Å². The highest BCUT2D eigenvalue weighted by Crippen LogP contribution is 2.25. The van der Waals surface area contributed by atoms with Crippen LogP contribution in [0.1, 0.15) is 38.5 Å². The van der Waals surface area contributed by atoms with Crippen molar-refractivity contribution in [1.29, 1.82) is 0 Å². The Morgan fingerprint density at radius 2 is 2.13 bits per heavy atom. The fourth-order valence-electron chi connectivity index (χ4n) is 2.77. The van der Waals surface area contributed by atoms with Crippen molar-refractivity contribution in [2.45, 2.75) is 49.7 Å². The lowest BCUT2D eigenvalue weighted by Gasteiger charge is -2.15. The van der Waals surface area contributed by atoms with Gasteiger partial charge in [0.1, 0.15) is 0 Å². The van der Waals surface area contributed by atoms with Gasteiger partial charge in [-0.05, 0) is 24.3 Å². The lowest BCUT2D eigenvalue weighted by atomic mass is 10.1. The normalized spacial score (nSPS) is 16.2. The molecule has 23 heavy (non-hydrogen) atoms. The van der Waals surface area contributed by atoms with Crippen LogP contribution in [0.3, 0.4) is 0 Å². The minimum Gasteiger partial charge on any atom is -0.353 e. The summed E-state index contributed by atoms with van der Waals surface area (Å²) < 4.78 is 1.45. The highest BCUT2D eigenvalue weighted by atomic mass is 32.2. The predicted octanol–water partition coefficient (Wildman–Crippen LogP) is 2.65. The summed E-state index contributed by atoms with van der Waals surface area (Å²) in [5, 5.41) is 13.8. The number of nitrogens with one attached hydrogen (secondary N) is 1. The third-order valence-electron chi connectivity index (χ3n) is 3.96. The molecule has 1 aliphatic rings. The molecule has 1 fully saturated rings. The number of carbonyl (C=O) groups excluding carboxylic acids is 1. The molecule has 3 N–H and O–H groups in total. The Kier molecular flexibility index (Phi) is 5.56. The van der Waals surface area contributed by atoms with Crippen LogP contribution in [0.15, 0.2) is 22.7 Å². The summed E-state index contributed by atoms with van der Waals surface area (Å²) in [5.74, 6) is 7.02. The van der Waals surface area contributed by atoms with E-state index in [0.29, 0.717) is 22.8 Å². The minimum absolute atomic E-state index is 0.0440. The molecule has 1 aliphatic carbocycles. The maximum Gasteiger partial charge on any atom is 0.230 e. The molecule has 1 saturated carbocycles. The number of nitrogens with two attached hydrogens (primary N) is 1. The molecule has 0 unspecified atom stereocenters. The molecule has 0 aliphatic heterocycles. The summed E-state index contributed by atoms with van der Waals surface area (Å²) in [6.45, 7) is 0. The molecule has 0 radical (unpaired) electrons. The first-order valence-corrected chi connectivity index (χ1v) is 9.77. The molecule has 0 bridgehead atoms. The molecule has 8 heteroatoms. The van der Waals surface area contributed by atoms with E-state index in [1.165, 1.54) is 42.1 Å². The Bertz CT molecular complexity index is 632. The average Bonchev–Trinajstić information content (AvgIpc) is 3.11. The highest BCUT2D eigenvalue weighted by molar-refractivity contribution is 7.99. The van der Waals surface area contributed by atoms with E-state index in [9.17, 15) is 4.79 Å². The number of amides is 1. The van der Waals surface area contributed by atoms with Crippen LogP contribution < -0.4 is 11.2 Å². The first-order chi connectivity index (χ1) is 11.2. The van der Waals surface area contributed by atoms with Gasteiger partial charge in [-0.2, -0.15) is 0 Å². The van der Waals surface area contributed by atoms with E-state index in [-0.39, 0.29) is 5.91 Å². The van der Waals surface area contributed by atoms with Crippen molar-refractivity contribution in [2.24, 2.45) is 0 Å². The average molecular weight is 352 g/mol. The molecule has 0 aromatic carbocycles. The molecule has 6 nitrogen and oxygen atoms in total. The standard InChI is InChI=1S/C15H21N5OS2/c16-20-14(12-8-5-9-22-12)18-19-15(20)23-10-13(21)17-11-6-3-1-2-4-7-11/h5,8-9,11H,1-4,6-7,10,16H2,(H,17,21). The van der Waals surface area contributed by atoms with Crippen molar-refractivity contribution >= 4 is 29.0 Å². The second-order valence-corrected chi connectivity index (χ2v) is 7.59. The Labute approximate surface area is 143 Å². The minimum atomic E-state index is 0.0440. The van der Waals surface area contributed by atoms with Crippen LogP contribution in [-0.2, 0) is 4.79 Å². The van der Waals surface area contributed by atoms with Crippen LogP contribution in [0, 0.1) is 0 Å². The third kappa shape index (κ3) is 4.26. The monoisotopic (exact) mass is 351 g/mol. The summed E-state index contributed by atoms with van der Waals surface area (Å²) in [7, 11) is 0. The SMILES string of the molecule is Nn1c(SCC(=O)NC2CCCCCC2)nnc1-c1cccs1. The van der Waals surface area contributed by atoms with Crippen molar-refractivity contribution in [2.75, 3.05) is 11.6 Å². The number of rotatable bonds is 5. The molecule has 2 aromatic rings. The molecule has 2 heterocycles. The molecule has 3 rings (SSSR count). The van der Waals surface area contributed by atoms with Crippen molar-refractivity contribution in [3.63, 3.8) is 0 Å². The van der Waals surface area contributed by atoms with Gasteiger partial charge in [0, 0.05) is 6.04 Å². The van der Waals surface area contributed by atoms with Crippen LogP contribution in [0.25, 0.3) is 10.7 Å². The van der Waals surface area contributed by atoms with Gasteiger partial charge in [-0.1, -0.05) is 43.5 Å². The second kappa shape index (κ2) is 7.83. The predicted molar refractivity (Wildman–Crippen MR) is 93.8 cm³/mol. The molecule has 0 atom stereocenters. The van der Waals surface area contributed by atoms with Crippen LogP contribution >= 0.6 is 23.1 Å². The molecule has 2 aromatic heterocycles. The van der Waals surface area contributed by atoms with E-state index in [4.69, 9.17) is 5.84 Å². The number of carbonyl (C=O) groups is 1. The molecular weight excluding hydrogens is 330 g/mol. The van der Waals surface area contributed by atoms with Crippen molar-refractivity contribution in [3.05, 3.63) is 17.5 Å². The van der Waals surface area contributed by atoms with Crippen molar-refractivity contribution < 1.29 is 4.79 Å².